The van der Waals surface area contributed by atoms with Gasteiger partial charge in [-0.25, -0.2) is 8.42 Å². The van der Waals surface area contributed by atoms with Gasteiger partial charge < -0.3 is 5.32 Å². The number of fused-ring (bicyclic) bond motifs is 1. The van der Waals surface area contributed by atoms with Crippen LogP contribution in [0.4, 0.5) is 5.69 Å². The summed E-state index contributed by atoms with van der Waals surface area (Å²) < 4.78 is 27.1. The number of anilines is 1. The molecule has 2 aliphatic heterocycles. The lowest BCUT2D eigenvalue weighted by atomic mass is 9.78. The van der Waals surface area contributed by atoms with Crippen LogP contribution in [0.5, 0.6) is 0 Å². The first kappa shape index (κ1) is 21.1. The van der Waals surface area contributed by atoms with Gasteiger partial charge in [-0.15, -0.1) is 0 Å². The zero-order chi connectivity index (χ0) is 20.4. The molecule has 3 fully saturated rings. The Hall–Kier alpha value is -1.15. The molecule has 29 heavy (non-hydrogen) atoms. The van der Waals surface area contributed by atoms with Crippen LogP contribution in [0.15, 0.2) is 23.1 Å². The highest BCUT2D eigenvalue weighted by atomic mass is 35.5. The molecule has 0 bridgehead atoms. The average molecular weight is 440 g/mol. The number of likely N-dealkylation sites (tertiary alicyclic amines) is 1. The predicted molar refractivity (Wildman–Crippen MR) is 115 cm³/mol. The minimum absolute atomic E-state index is 0.131. The molecule has 2 saturated heterocycles. The first-order chi connectivity index (χ1) is 13.9. The molecular formula is C21H30ClN3O3S. The highest BCUT2D eigenvalue weighted by molar-refractivity contribution is 7.89. The van der Waals surface area contributed by atoms with E-state index in [4.69, 9.17) is 11.6 Å². The van der Waals surface area contributed by atoms with E-state index in [1.807, 2.05) is 0 Å². The third-order valence-corrected chi connectivity index (χ3v) is 8.84. The Morgan fingerprint density at radius 2 is 1.76 bits per heavy atom. The molecule has 1 aliphatic carbocycles. The average Bonchev–Trinajstić information content (AvgIpc) is 3.26. The Balaban J connectivity index is 1.45. The van der Waals surface area contributed by atoms with Crippen LogP contribution in [0.25, 0.3) is 0 Å². The fourth-order valence-corrected chi connectivity index (χ4v) is 6.85. The number of sulfonamides is 1. The molecule has 0 radical (unpaired) electrons. The summed E-state index contributed by atoms with van der Waals surface area (Å²) >= 11 is 6.27. The summed E-state index contributed by atoms with van der Waals surface area (Å²) in [5, 5.41) is 3.22. The van der Waals surface area contributed by atoms with Crippen LogP contribution in [-0.2, 0) is 14.8 Å². The van der Waals surface area contributed by atoms with Crippen molar-refractivity contribution < 1.29 is 13.2 Å². The third kappa shape index (κ3) is 4.63. The summed E-state index contributed by atoms with van der Waals surface area (Å²) in [4.78, 5) is 15.2. The lowest BCUT2D eigenvalue weighted by molar-refractivity contribution is -0.118. The van der Waals surface area contributed by atoms with Crippen LogP contribution in [0.1, 0.15) is 51.4 Å². The van der Waals surface area contributed by atoms with Crippen molar-refractivity contribution in [1.82, 2.24) is 9.21 Å². The van der Waals surface area contributed by atoms with E-state index in [1.54, 1.807) is 6.07 Å². The molecule has 0 aromatic heterocycles. The molecule has 0 spiro atoms. The number of piperidine rings is 1. The Morgan fingerprint density at radius 1 is 1.03 bits per heavy atom. The van der Waals surface area contributed by atoms with Crippen molar-refractivity contribution >= 4 is 33.2 Å². The summed E-state index contributed by atoms with van der Waals surface area (Å²) in [7, 11) is -3.54. The quantitative estimate of drug-likeness (QED) is 0.759. The minimum atomic E-state index is -3.54. The Bertz CT molecular complexity index is 853. The van der Waals surface area contributed by atoms with Crippen LogP contribution < -0.4 is 5.32 Å². The molecule has 4 rings (SSSR count). The Morgan fingerprint density at radius 3 is 2.55 bits per heavy atom. The zero-order valence-electron chi connectivity index (χ0n) is 16.8. The van der Waals surface area contributed by atoms with E-state index in [0.717, 1.165) is 25.8 Å². The first-order valence-electron chi connectivity index (χ1n) is 10.8. The van der Waals surface area contributed by atoms with E-state index in [0.29, 0.717) is 42.3 Å². The second-order valence-electron chi connectivity index (χ2n) is 8.53. The molecular weight excluding hydrogens is 410 g/mol. The number of carbonyl (C=O) groups is 1. The molecule has 160 valence electrons. The van der Waals surface area contributed by atoms with Crippen molar-refractivity contribution in [3.8, 4) is 0 Å². The predicted octanol–water partition coefficient (Wildman–Crippen LogP) is 3.72. The number of nitrogens with one attached hydrogen (secondary N) is 1. The zero-order valence-corrected chi connectivity index (χ0v) is 18.3. The van der Waals surface area contributed by atoms with Crippen molar-refractivity contribution in [1.29, 1.82) is 0 Å². The number of benzene rings is 1. The summed E-state index contributed by atoms with van der Waals surface area (Å²) in [5.41, 5.74) is 0.370. The van der Waals surface area contributed by atoms with Crippen molar-refractivity contribution in [2.75, 3.05) is 31.5 Å². The molecule has 1 amide bonds. The summed E-state index contributed by atoms with van der Waals surface area (Å²) in [6, 6.07) is 5.06. The van der Waals surface area contributed by atoms with E-state index in [1.165, 1.54) is 48.5 Å². The van der Waals surface area contributed by atoms with Gasteiger partial charge in [0.15, 0.2) is 0 Å². The summed E-state index contributed by atoms with van der Waals surface area (Å²) in [5.74, 6) is 0.580. The van der Waals surface area contributed by atoms with Crippen LogP contribution in [-0.4, -0.2) is 55.8 Å². The maximum absolute atomic E-state index is 12.8. The highest BCUT2D eigenvalue weighted by Crippen LogP contribution is 2.35. The van der Waals surface area contributed by atoms with E-state index in [-0.39, 0.29) is 10.8 Å². The molecule has 0 unspecified atom stereocenters. The molecule has 6 nitrogen and oxygen atoms in total. The van der Waals surface area contributed by atoms with Crippen LogP contribution in [0, 0.1) is 5.92 Å². The fraction of sp³-hybridized carbons (Fsp3) is 0.667. The van der Waals surface area contributed by atoms with Gasteiger partial charge in [-0.1, -0.05) is 24.4 Å². The largest absolute Gasteiger partial charge is 0.324 e. The van der Waals surface area contributed by atoms with Crippen molar-refractivity contribution in [2.24, 2.45) is 5.92 Å². The molecule has 1 aromatic rings. The first-order valence-corrected chi connectivity index (χ1v) is 12.6. The normalized spacial score (nSPS) is 26.2. The van der Waals surface area contributed by atoms with Gasteiger partial charge in [-0.2, -0.15) is 4.31 Å². The number of carbonyl (C=O) groups excluding carboxylic acids is 1. The van der Waals surface area contributed by atoms with Gasteiger partial charge >= 0.3 is 0 Å². The smallest absolute Gasteiger partial charge is 0.243 e. The van der Waals surface area contributed by atoms with Gasteiger partial charge in [-0.3, -0.25) is 9.69 Å². The van der Waals surface area contributed by atoms with E-state index in [2.05, 4.69) is 10.2 Å². The van der Waals surface area contributed by atoms with Gasteiger partial charge in [0.25, 0.3) is 0 Å². The van der Waals surface area contributed by atoms with Gasteiger partial charge in [0.05, 0.1) is 22.2 Å². The second kappa shape index (κ2) is 8.92. The molecule has 3 aliphatic rings. The van der Waals surface area contributed by atoms with Gasteiger partial charge in [0, 0.05) is 19.1 Å². The SMILES string of the molecule is O=C(CN1CCC[C@H]2CCCC[C@@H]21)Nc1cc(S(=O)(=O)N2CCCC2)ccc1Cl. The number of halogens is 1. The maximum atomic E-state index is 12.8. The number of rotatable bonds is 5. The highest BCUT2D eigenvalue weighted by Gasteiger charge is 2.34. The van der Waals surface area contributed by atoms with Crippen molar-refractivity contribution in [2.45, 2.75) is 62.3 Å². The molecule has 8 heteroatoms. The van der Waals surface area contributed by atoms with Crippen LogP contribution in [0.3, 0.4) is 0 Å². The minimum Gasteiger partial charge on any atom is -0.324 e. The van der Waals surface area contributed by atoms with Gasteiger partial charge in [0.1, 0.15) is 0 Å². The number of nitrogens with zero attached hydrogens (tertiary/aromatic N) is 2. The lowest BCUT2D eigenvalue weighted by Gasteiger charge is -2.43. The second-order valence-corrected chi connectivity index (χ2v) is 10.9. The molecule has 2 atom stereocenters. The van der Waals surface area contributed by atoms with Crippen molar-refractivity contribution in [3.63, 3.8) is 0 Å². The van der Waals surface area contributed by atoms with Crippen LogP contribution in [0.2, 0.25) is 5.02 Å². The molecule has 2 heterocycles. The van der Waals surface area contributed by atoms with Gasteiger partial charge in [-0.05, 0) is 69.2 Å². The summed E-state index contributed by atoms with van der Waals surface area (Å²) in [6.45, 7) is 2.38. The van der Waals surface area contributed by atoms with Gasteiger partial charge in [0.2, 0.25) is 15.9 Å². The van der Waals surface area contributed by atoms with E-state index in [9.17, 15) is 13.2 Å². The molecule has 1 saturated carbocycles. The standard InChI is InChI=1S/C21H30ClN3O3S/c22-18-10-9-17(29(27,28)25-12-3-4-13-25)14-19(18)23-21(26)15-24-11-5-7-16-6-1-2-8-20(16)24/h9-10,14,16,20H,1-8,11-13,15H2,(H,23,26)/t16-,20+/m1/s1. The number of amides is 1. The molecule has 1 N–H and O–H groups in total. The number of hydrogen-bond acceptors (Lipinski definition) is 4. The van der Waals surface area contributed by atoms with E-state index < -0.39 is 10.0 Å². The van der Waals surface area contributed by atoms with Crippen LogP contribution >= 0.6 is 11.6 Å². The maximum Gasteiger partial charge on any atom is 0.243 e. The Labute approximate surface area is 178 Å². The molecule has 1 aromatic carbocycles. The monoisotopic (exact) mass is 439 g/mol. The Kier molecular flexibility index (Phi) is 6.49. The third-order valence-electron chi connectivity index (χ3n) is 6.62. The van der Waals surface area contributed by atoms with E-state index >= 15 is 0 Å². The lowest BCUT2D eigenvalue weighted by Crippen LogP contribution is -2.49. The number of hydrogen-bond donors (Lipinski definition) is 1. The summed E-state index contributed by atoms with van der Waals surface area (Å²) in [6.07, 6.45) is 9.15. The van der Waals surface area contributed by atoms with Crippen molar-refractivity contribution in [3.05, 3.63) is 23.2 Å². The fourth-order valence-electron chi connectivity index (χ4n) is 5.14. The topological polar surface area (TPSA) is 69.7 Å².